The summed E-state index contributed by atoms with van der Waals surface area (Å²) in [5.41, 5.74) is 0. The zero-order chi connectivity index (χ0) is 11.9. The SMILES string of the molecule is CCCOC(O)CCC.CCOCCO. The Kier molecular flexibility index (Phi) is 18.7. The molecule has 1 unspecified atom stereocenters. The van der Waals surface area contributed by atoms with Crippen molar-refractivity contribution in [2.45, 2.75) is 46.3 Å². The Balaban J connectivity index is 0. The Morgan fingerprint density at radius 2 is 1.73 bits per heavy atom. The first-order valence-corrected chi connectivity index (χ1v) is 5.71. The third kappa shape index (κ3) is 20.0. The molecule has 94 valence electrons. The van der Waals surface area contributed by atoms with Crippen LogP contribution in [0.4, 0.5) is 0 Å². The fourth-order valence-corrected chi connectivity index (χ4v) is 0.793. The molecule has 0 aromatic rings. The second-order valence-corrected chi connectivity index (χ2v) is 3.03. The molecule has 0 aliphatic rings. The van der Waals surface area contributed by atoms with Crippen molar-refractivity contribution in [3.05, 3.63) is 0 Å². The number of rotatable bonds is 8. The second kappa shape index (κ2) is 16.3. The molecule has 0 heterocycles. The quantitative estimate of drug-likeness (QED) is 0.483. The zero-order valence-corrected chi connectivity index (χ0v) is 10.2. The highest BCUT2D eigenvalue weighted by Gasteiger charge is 1.98. The first kappa shape index (κ1) is 17.2. The predicted molar refractivity (Wildman–Crippen MR) is 60.7 cm³/mol. The minimum Gasteiger partial charge on any atom is -0.394 e. The fourth-order valence-electron chi connectivity index (χ4n) is 0.793. The van der Waals surface area contributed by atoms with E-state index in [4.69, 9.17) is 19.7 Å². The van der Waals surface area contributed by atoms with Gasteiger partial charge < -0.3 is 19.7 Å². The fraction of sp³-hybridized carbons (Fsp3) is 1.00. The van der Waals surface area contributed by atoms with Gasteiger partial charge in [0.05, 0.1) is 13.2 Å². The highest BCUT2D eigenvalue weighted by Crippen LogP contribution is 1.97. The van der Waals surface area contributed by atoms with Crippen LogP contribution in [0.15, 0.2) is 0 Å². The number of hydrogen-bond donors (Lipinski definition) is 2. The minimum atomic E-state index is -0.532. The van der Waals surface area contributed by atoms with Gasteiger partial charge in [0.2, 0.25) is 0 Å². The van der Waals surface area contributed by atoms with Gasteiger partial charge in [-0.2, -0.15) is 0 Å². The molecule has 0 aromatic heterocycles. The third-order valence-corrected chi connectivity index (χ3v) is 1.49. The molecular weight excluding hydrogens is 196 g/mol. The Hall–Kier alpha value is -0.160. The molecule has 15 heavy (non-hydrogen) atoms. The molecule has 2 N–H and O–H groups in total. The Bertz CT molecular complexity index is 94.6. The van der Waals surface area contributed by atoms with E-state index in [9.17, 15) is 0 Å². The number of hydrogen-bond acceptors (Lipinski definition) is 4. The van der Waals surface area contributed by atoms with E-state index in [-0.39, 0.29) is 6.61 Å². The highest BCUT2D eigenvalue weighted by atomic mass is 16.6. The normalized spacial score (nSPS) is 11.8. The second-order valence-electron chi connectivity index (χ2n) is 3.03. The molecule has 0 saturated heterocycles. The van der Waals surface area contributed by atoms with Crippen LogP contribution >= 0.6 is 0 Å². The Labute approximate surface area is 93.2 Å². The lowest BCUT2D eigenvalue weighted by Gasteiger charge is -2.08. The molecule has 4 heteroatoms. The van der Waals surface area contributed by atoms with Crippen LogP contribution in [0, 0.1) is 0 Å². The van der Waals surface area contributed by atoms with Crippen LogP contribution in [-0.2, 0) is 9.47 Å². The number of aliphatic hydroxyl groups is 2. The lowest BCUT2D eigenvalue weighted by molar-refractivity contribution is -0.103. The van der Waals surface area contributed by atoms with Crippen molar-refractivity contribution in [1.29, 1.82) is 0 Å². The zero-order valence-electron chi connectivity index (χ0n) is 10.2. The van der Waals surface area contributed by atoms with E-state index in [1.807, 2.05) is 20.8 Å². The Morgan fingerprint density at radius 3 is 2.07 bits per heavy atom. The van der Waals surface area contributed by atoms with Gasteiger partial charge >= 0.3 is 0 Å². The van der Waals surface area contributed by atoms with E-state index in [0.717, 1.165) is 19.3 Å². The molecule has 0 bridgehead atoms. The van der Waals surface area contributed by atoms with Crippen LogP contribution in [0.5, 0.6) is 0 Å². The summed E-state index contributed by atoms with van der Waals surface area (Å²) < 4.78 is 9.72. The van der Waals surface area contributed by atoms with E-state index >= 15 is 0 Å². The molecule has 0 aliphatic carbocycles. The molecule has 1 atom stereocenters. The summed E-state index contributed by atoms with van der Waals surface area (Å²) in [6.45, 7) is 7.92. The van der Waals surface area contributed by atoms with Crippen molar-refractivity contribution in [2.75, 3.05) is 26.4 Å². The Morgan fingerprint density at radius 1 is 1.07 bits per heavy atom. The van der Waals surface area contributed by atoms with Gasteiger partial charge in [0.1, 0.15) is 0 Å². The van der Waals surface area contributed by atoms with Crippen molar-refractivity contribution in [3.63, 3.8) is 0 Å². The van der Waals surface area contributed by atoms with Gasteiger partial charge in [-0.05, 0) is 19.8 Å². The van der Waals surface area contributed by atoms with Crippen LogP contribution in [0.2, 0.25) is 0 Å². The monoisotopic (exact) mass is 222 g/mol. The number of ether oxygens (including phenoxy) is 2. The van der Waals surface area contributed by atoms with Crippen molar-refractivity contribution in [3.8, 4) is 0 Å². The van der Waals surface area contributed by atoms with E-state index in [2.05, 4.69) is 0 Å². The maximum atomic E-state index is 8.96. The summed E-state index contributed by atoms with van der Waals surface area (Å²) in [4.78, 5) is 0. The van der Waals surface area contributed by atoms with Gasteiger partial charge in [-0.1, -0.05) is 20.3 Å². The predicted octanol–water partition coefficient (Wildman–Crippen LogP) is 1.55. The summed E-state index contributed by atoms with van der Waals surface area (Å²) in [5.74, 6) is 0. The third-order valence-electron chi connectivity index (χ3n) is 1.49. The molecule has 0 radical (unpaired) electrons. The maximum Gasteiger partial charge on any atom is 0.154 e. The van der Waals surface area contributed by atoms with Gasteiger partial charge in [-0.25, -0.2) is 0 Å². The first-order valence-electron chi connectivity index (χ1n) is 5.71. The lowest BCUT2D eigenvalue weighted by atomic mass is 10.3. The van der Waals surface area contributed by atoms with E-state index in [1.54, 1.807) is 0 Å². The van der Waals surface area contributed by atoms with Crippen molar-refractivity contribution in [2.24, 2.45) is 0 Å². The highest BCUT2D eigenvalue weighted by molar-refractivity contribution is 4.38. The smallest absolute Gasteiger partial charge is 0.154 e. The largest absolute Gasteiger partial charge is 0.394 e. The molecule has 0 rings (SSSR count). The van der Waals surface area contributed by atoms with Gasteiger partial charge in [-0.3, -0.25) is 0 Å². The average molecular weight is 222 g/mol. The van der Waals surface area contributed by atoms with Crippen molar-refractivity contribution < 1.29 is 19.7 Å². The van der Waals surface area contributed by atoms with Crippen LogP contribution in [-0.4, -0.2) is 42.9 Å². The van der Waals surface area contributed by atoms with Crippen molar-refractivity contribution in [1.82, 2.24) is 0 Å². The van der Waals surface area contributed by atoms with E-state index in [1.165, 1.54) is 0 Å². The van der Waals surface area contributed by atoms with Gasteiger partial charge in [0.15, 0.2) is 6.29 Å². The van der Waals surface area contributed by atoms with Crippen LogP contribution in [0.1, 0.15) is 40.0 Å². The summed E-state index contributed by atoms with van der Waals surface area (Å²) in [7, 11) is 0. The molecular formula is C11H26O4. The molecule has 0 aliphatic heterocycles. The topological polar surface area (TPSA) is 58.9 Å². The summed E-state index contributed by atoms with van der Waals surface area (Å²) >= 11 is 0. The van der Waals surface area contributed by atoms with E-state index < -0.39 is 6.29 Å². The average Bonchev–Trinajstić information content (AvgIpc) is 2.25. The lowest BCUT2D eigenvalue weighted by Crippen LogP contribution is -2.11. The van der Waals surface area contributed by atoms with Crippen LogP contribution < -0.4 is 0 Å². The summed E-state index contributed by atoms with van der Waals surface area (Å²) in [5, 5.41) is 17.0. The van der Waals surface area contributed by atoms with Crippen molar-refractivity contribution >= 4 is 0 Å². The standard InChI is InChI=1S/C7H16O2.C4H10O2/c1-3-5-7(8)9-6-4-2;1-2-6-4-3-5/h7-8H,3-6H2,1-2H3;5H,2-4H2,1H3. The molecule has 0 saturated carbocycles. The van der Waals surface area contributed by atoms with Crippen LogP contribution in [0.3, 0.4) is 0 Å². The van der Waals surface area contributed by atoms with Gasteiger partial charge in [0.25, 0.3) is 0 Å². The molecule has 0 aromatic carbocycles. The molecule has 0 spiro atoms. The first-order chi connectivity index (χ1) is 7.22. The summed E-state index contributed by atoms with van der Waals surface area (Å²) in [6.07, 6.45) is 2.17. The van der Waals surface area contributed by atoms with Gasteiger partial charge in [0, 0.05) is 13.2 Å². The summed E-state index contributed by atoms with van der Waals surface area (Å²) in [6, 6.07) is 0. The molecule has 4 nitrogen and oxygen atoms in total. The van der Waals surface area contributed by atoms with E-state index in [0.29, 0.717) is 19.8 Å². The maximum absolute atomic E-state index is 8.96. The van der Waals surface area contributed by atoms with Crippen LogP contribution in [0.25, 0.3) is 0 Å². The molecule has 0 amide bonds. The number of aliphatic hydroxyl groups excluding tert-OH is 2. The van der Waals surface area contributed by atoms with Gasteiger partial charge in [-0.15, -0.1) is 0 Å². The molecule has 0 fully saturated rings. The minimum absolute atomic E-state index is 0.133.